The lowest BCUT2D eigenvalue weighted by Crippen LogP contribution is -2.39. The second-order valence-electron chi connectivity index (χ2n) is 6.18. The van der Waals surface area contributed by atoms with Crippen molar-refractivity contribution in [3.8, 4) is 0 Å². The summed E-state index contributed by atoms with van der Waals surface area (Å²) in [5.74, 6) is 0.152. The summed E-state index contributed by atoms with van der Waals surface area (Å²) in [7, 11) is 1.72. The first-order valence-electron chi connectivity index (χ1n) is 7.46. The Labute approximate surface area is 120 Å². The Morgan fingerprint density at radius 1 is 1.45 bits per heavy atom. The number of benzene rings is 1. The zero-order valence-electron chi connectivity index (χ0n) is 12.3. The molecule has 1 unspecified atom stereocenters. The van der Waals surface area contributed by atoms with Crippen LogP contribution >= 0.6 is 0 Å². The van der Waals surface area contributed by atoms with Crippen LogP contribution in [0.25, 0.3) is 0 Å². The Morgan fingerprint density at radius 3 is 3.10 bits per heavy atom. The highest BCUT2D eigenvalue weighted by Crippen LogP contribution is 2.35. The molecule has 4 heteroatoms. The summed E-state index contributed by atoms with van der Waals surface area (Å²) in [5.41, 5.74) is 3.67. The molecular formula is C16H23N3O. The molecule has 0 radical (unpaired) electrons. The van der Waals surface area contributed by atoms with E-state index in [1.807, 2.05) is 0 Å². The van der Waals surface area contributed by atoms with E-state index in [4.69, 9.17) is 0 Å². The number of carbonyl (C=O) groups is 1. The van der Waals surface area contributed by atoms with Crippen molar-refractivity contribution in [2.24, 2.45) is 5.41 Å². The van der Waals surface area contributed by atoms with E-state index in [-0.39, 0.29) is 11.3 Å². The normalized spacial score (nSPS) is 25.0. The number of nitrogens with zero attached hydrogens (tertiary/aromatic N) is 1. The number of anilines is 2. The Balaban J connectivity index is 1.79. The van der Waals surface area contributed by atoms with Crippen LogP contribution in [0.4, 0.5) is 11.4 Å². The molecule has 1 amide bonds. The van der Waals surface area contributed by atoms with Gasteiger partial charge in [0.05, 0.1) is 5.41 Å². The van der Waals surface area contributed by atoms with Gasteiger partial charge in [-0.25, -0.2) is 0 Å². The van der Waals surface area contributed by atoms with Crippen molar-refractivity contribution in [3.05, 3.63) is 23.8 Å². The van der Waals surface area contributed by atoms with E-state index < -0.39 is 0 Å². The number of aryl methyl sites for hydroxylation is 1. The van der Waals surface area contributed by atoms with Gasteiger partial charge in [-0.15, -0.1) is 0 Å². The molecule has 0 spiro atoms. The number of amides is 1. The lowest BCUT2D eigenvalue weighted by Gasteiger charge is -2.26. The molecule has 4 nitrogen and oxygen atoms in total. The Hall–Kier alpha value is -1.71. The van der Waals surface area contributed by atoms with Crippen LogP contribution in [0.2, 0.25) is 0 Å². The second kappa shape index (κ2) is 5.00. The third-order valence-corrected chi connectivity index (χ3v) is 4.64. The fourth-order valence-corrected chi connectivity index (χ4v) is 3.33. The molecule has 0 bridgehead atoms. The van der Waals surface area contributed by atoms with Crippen molar-refractivity contribution in [1.82, 2.24) is 5.32 Å². The van der Waals surface area contributed by atoms with Gasteiger partial charge in [-0.05, 0) is 49.9 Å². The van der Waals surface area contributed by atoms with Crippen LogP contribution in [0.15, 0.2) is 18.2 Å². The fraction of sp³-hybridized carbons (Fsp3) is 0.562. The van der Waals surface area contributed by atoms with Crippen molar-refractivity contribution < 1.29 is 4.79 Å². The average molecular weight is 273 g/mol. The summed E-state index contributed by atoms with van der Waals surface area (Å²) < 4.78 is 0. The van der Waals surface area contributed by atoms with Crippen molar-refractivity contribution >= 4 is 17.3 Å². The number of hydrogen-bond acceptors (Lipinski definition) is 3. The maximum Gasteiger partial charge on any atom is 0.227 e. The number of carbonyl (C=O) groups excluding carboxylic acids is 1. The molecule has 20 heavy (non-hydrogen) atoms. The van der Waals surface area contributed by atoms with Crippen molar-refractivity contribution in [2.45, 2.75) is 26.2 Å². The zero-order valence-corrected chi connectivity index (χ0v) is 12.3. The summed E-state index contributed by atoms with van der Waals surface area (Å²) in [5, 5.41) is 6.24. The van der Waals surface area contributed by atoms with Crippen LogP contribution in [0.1, 0.15) is 25.3 Å². The van der Waals surface area contributed by atoms with E-state index >= 15 is 0 Å². The summed E-state index contributed by atoms with van der Waals surface area (Å²) in [6.45, 7) is 4.89. The molecule has 2 N–H and O–H groups in total. The number of rotatable bonds is 2. The molecule has 2 heterocycles. The van der Waals surface area contributed by atoms with Crippen LogP contribution in [-0.2, 0) is 11.2 Å². The highest BCUT2D eigenvalue weighted by molar-refractivity contribution is 5.83. The minimum Gasteiger partial charge on any atom is -0.385 e. The molecule has 1 saturated heterocycles. The summed E-state index contributed by atoms with van der Waals surface area (Å²) in [6, 6.07) is 6.64. The van der Waals surface area contributed by atoms with Gasteiger partial charge < -0.3 is 15.5 Å². The molecular weight excluding hydrogens is 250 g/mol. The third-order valence-electron chi connectivity index (χ3n) is 4.64. The van der Waals surface area contributed by atoms with Gasteiger partial charge in [-0.2, -0.15) is 0 Å². The number of hydrogen-bond donors (Lipinski definition) is 2. The van der Waals surface area contributed by atoms with Gasteiger partial charge in [-0.1, -0.05) is 0 Å². The quantitative estimate of drug-likeness (QED) is 0.866. The largest absolute Gasteiger partial charge is 0.385 e. The van der Waals surface area contributed by atoms with Gasteiger partial charge in [0.25, 0.3) is 0 Å². The van der Waals surface area contributed by atoms with Gasteiger partial charge in [0.1, 0.15) is 0 Å². The van der Waals surface area contributed by atoms with Crippen LogP contribution < -0.4 is 15.5 Å². The first-order valence-corrected chi connectivity index (χ1v) is 7.46. The summed E-state index contributed by atoms with van der Waals surface area (Å²) in [6.07, 6.45) is 3.27. The van der Waals surface area contributed by atoms with E-state index in [1.54, 1.807) is 7.05 Å². The Morgan fingerprint density at radius 2 is 2.30 bits per heavy atom. The molecule has 3 rings (SSSR count). The summed E-state index contributed by atoms with van der Waals surface area (Å²) >= 11 is 0. The Bertz CT molecular complexity index is 528. The predicted molar refractivity (Wildman–Crippen MR) is 82.3 cm³/mol. The molecule has 2 aliphatic heterocycles. The van der Waals surface area contributed by atoms with Crippen LogP contribution in [0.3, 0.4) is 0 Å². The van der Waals surface area contributed by atoms with E-state index in [0.717, 1.165) is 32.5 Å². The smallest absolute Gasteiger partial charge is 0.227 e. The second-order valence-corrected chi connectivity index (χ2v) is 6.18. The fourth-order valence-electron chi connectivity index (χ4n) is 3.33. The molecule has 1 atom stereocenters. The minimum absolute atomic E-state index is 0.152. The molecule has 108 valence electrons. The number of fused-ring (bicyclic) bond motifs is 1. The third kappa shape index (κ3) is 2.23. The molecule has 0 saturated carbocycles. The first-order chi connectivity index (χ1) is 9.62. The monoisotopic (exact) mass is 273 g/mol. The van der Waals surface area contributed by atoms with E-state index in [2.05, 4.69) is 40.7 Å². The standard InChI is InChI=1S/C16H23N3O/c1-16(15(20)17-2)7-9-19(11-16)13-5-6-14-12(10-13)4-3-8-18-14/h5-6,10,18H,3-4,7-9,11H2,1-2H3,(H,17,20). The molecule has 1 fully saturated rings. The highest BCUT2D eigenvalue weighted by atomic mass is 16.2. The van der Waals surface area contributed by atoms with E-state index in [0.29, 0.717) is 0 Å². The predicted octanol–water partition coefficient (Wildman–Crippen LogP) is 2.01. The van der Waals surface area contributed by atoms with Crippen molar-refractivity contribution in [3.63, 3.8) is 0 Å². The lowest BCUT2D eigenvalue weighted by atomic mass is 9.89. The molecule has 0 aliphatic carbocycles. The maximum absolute atomic E-state index is 12.0. The van der Waals surface area contributed by atoms with Gasteiger partial charge in [0.15, 0.2) is 0 Å². The van der Waals surface area contributed by atoms with E-state index in [1.165, 1.54) is 23.4 Å². The van der Waals surface area contributed by atoms with Gasteiger partial charge in [-0.3, -0.25) is 4.79 Å². The lowest BCUT2D eigenvalue weighted by molar-refractivity contribution is -0.128. The first kappa shape index (κ1) is 13.3. The SMILES string of the molecule is CNC(=O)C1(C)CCN(c2ccc3c(c2)CCCN3)C1. The van der Waals surface area contributed by atoms with Gasteiger partial charge >= 0.3 is 0 Å². The van der Waals surface area contributed by atoms with Crippen LogP contribution in [0.5, 0.6) is 0 Å². The highest BCUT2D eigenvalue weighted by Gasteiger charge is 2.39. The Kier molecular flexibility index (Phi) is 3.32. The van der Waals surface area contributed by atoms with Crippen molar-refractivity contribution in [1.29, 1.82) is 0 Å². The van der Waals surface area contributed by atoms with Gasteiger partial charge in [0, 0.05) is 38.1 Å². The maximum atomic E-state index is 12.0. The molecule has 0 aromatic heterocycles. The molecule has 2 aliphatic rings. The zero-order chi connectivity index (χ0) is 14.2. The molecule has 1 aromatic rings. The van der Waals surface area contributed by atoms with Gasteiger partial charge in [0.2, 0.25) is 5.91 Å². The number of nitrogens with one attached hydrogen (secondary N) is 2. The average Bonchev–Trinajstić information content (AvgIpc) is 2.89. The van der Waals surface area contributed by atoms with E-state index in [9.17, 15) is 4.79 Å². The van der Waals surface area contributed by atoms with Crippen LogP contribution in [0, 0.1) is 5.41 Å². The van der Waals surface area contributed by atoms with Crippen LogP contribution in [-0.4, -0.2) is 32.6 Å². The van der Waals surface area contributed by atoms with Crippen molar-refractivity contribution in [2.75, 3.05) is 36.9 Å². The topological polar surface area (TPSA) is 44.4 Å². The molecule has 1 aromatic carbocycles. The summed E-state index contributed by atoms with van der Waals surface area (Å²) in [4.78, 5) is 14.3. The minimum atomic E-state index is -0.261.